The molecule has 82 valence electrons. The zero-order valence-electron chi connectivity index (χ0n) is 8.07. The molecule has 2 N–H and O–H groups in total. The van der Waals surface area contributed by atoms with Crippen LogP contribution in [0.4, 0.5) is 0 Å². The molecule has 1 amide bonds. The maximum Gasteiger partial charge on any atom is 0.245 e. The van der Waals surface area contributed by atoms with Gasteiger partial charge in [-0.05, 0) is 24.3 Å². The minimum Gasteiger partial charge on any atom is -0.492 e. The zero-order chi connectivity index (χ0) is 11.1. The number of hydrogen-bond acceptors (Lipinski definition) is 3. The molecular weight excluding hydrogens is 218 g/mol. The molecule has 0 aliphatic carbocycles. The average molecular weight is 230 g/mol. The normalized spacial score (nSPS) is 9.73. The summed E-state index contributed by atoms with van der Waals surface area (Å²) in [6, 6.07) is 6.94. The number of aliphatic hydroxyl groups excluding tert-OH is 1. The molecule has 0 aromatic heterocycles. The van der Waals surface area contributed by atoms with Crippen molar-refractivity contribution in [2.45, 2.75) is 0 Å². The summed E-state index contributed by atoms with van der Waals surface area (Å²) in [6.45, 7) is 0.219. The molecule has 0 bridgehead atoms. The SMILES string of the molecule is O=C(CO)NCCOc1ccc(Cl)cc1. The van der Waals surface area contributed by atoms with E-state index in [1.54, 1.807) is 24.3 Å². The van der Waals surface area contributed by atoms with Crippen LogP contribution in [0.3, 0.4) is 0 Å². The smallest absolute Gasteiger partial charge is 0.245 e. The molecule has 0 saturated carbocycles. The van der Waals surface area contributed by atoms with Crippen molar-refractivity contribution in [3.05, 3.63) is 29.3 Å². The highest BCUT2D eigenvalue weighted by Crippen LogP contribution is 2.14. The van der Waals surface area contributed by atoms with E-state index in [4.69, 9.17) is 21.4 Å². The number of aliphatic hydroxyl groups is 1. The van der Waals surface area contributed by atoms with Gasteiger partial charge in [0.25, 0.3) is 0 Å². The van der Waals surface area contributed by atoms with E-state index < -0.39 is 12.5 Å². The van der Waals surface area contributed by atoms with Crippen LogP contribution in [0.15, 0.2) is 24.3 Å². The van der Waals surface area contributed by atoms with E-state index in [1.807, 2.05) is 0 Å². The molecule has 0 aliphatic rings. The second-order valence-electron chi connectivity index (χ2n) is 2.81. The van der Waals surface area contributed by atoms with E-state index >= 15 is 0 Å². The van der Waals surface area contributed by atoms with Gasteiger partial charge in [0, 0.05) is 5.02 Å². The van der Waals surface area contributed by atoms with Crippen molar-refractivity contribution in [1.82, 2.24) is 5.32 Å². The summed E-state index contributed by atoms with van der Waals surface area (Å²) < 4.78 is 5.30. The Morgan fingerprint density at radius 2 is 2.07 bits per heavy atom. The molecule has 0 aliphatic heterocycles. The summed E-state index contributed by atoms with van der Waals surface area (Å²) in [7, 11) is 0. The fourth-order valence-corrected chi connectivity index (χ4v) is 1.07. The third kappa shape index (κ3) is 4.67. The molecule has 0 saturated heterocycles. The largest absolute Gasteiger partial charge is 0.492 e. The molecule has 0 atom stereocenters. The fraction of sp³-hybridized carbons (Fsp3) is 0.300. The van der Waals surface area contributed by atoms with E-state index in [9.17, 15) is 4.79 Å². The van der Waals surface area contributed by atoms with Gasteiger partial charge in [-0.3, -0.25) is 4.79 Å². The van der Waals surface area contributed by atoms with Gasteiger partial charge in [-0.2, -0.15) is 0 Å². The molecule has 1 aromatic rings. The molecule has 1 aromatic carbocycles. The Labute approximate surface area is 92.8 Å². The summed E-state index contributed by atoms with van der Waals surface area (Å²) in [5.41, 5.74) is 0. The van der Waals surface area contributed by atoms with Crippen molar-refractivity contribution in [1.29, 1.82) is 0 Å². The lowest BCUT2D eigenvalue weighted by Gasteiger charge is -2.06. The topological polar surface area (TPSA) is 58.6 Å². The molecule has 4 nitrogen and oxygen atoms in total. The monoisotopic (exact) mass is 229 g/mol. The van der Waals surface area contributed by atoms with E-state index in [1.165, 1.54) is 0 Å². The fourth-order valence-electron chi connectivity index (χ4n) is 0.946. The molecule has 0 fully saturated rings. The molecule has 1 rings (SSSR count). The Balaban J connectivity index is 2.20. The number of hydrogen-bond donors (Lipinski definition) is 2. The van der Waals surface area contributed by atoms with Crippen LogP contribution in [0.5, 0.6) is 5.75 Å². The van der Waals surface area contributed by atoms with Crippen LogP contribution in [0, 0.1) is 0 Å². The van der Waals surface area contributed by atoms with Crippen molar-refractivity contribution in [3.8, 4) is 5.75 Å². The number of halogens is 1. The molecule has 0 heterocycles. The van der Waals surface area contributed by atoms with Crippen LogP contribution >= 0.6 is 11.6 Å². The number of rotatable bonds is 5. The lowest BCUT2D eigenvalue weighted by atomic mass is 10.3. The number of carbonyl (C=O) groups excluding carboxylic acids is 1. The minimum absolute atomic E-state index is 0.355. The Morgan fingerprint density at radius 3 is 2.67 bits per heavy atom. The van der Waals surface area contributed by atoms with Gasteiger partial charge < -0.3 is 15.2 Å². The first kappa shape index (κ1) is 11.8. The number of ether oxygens (including phenoxy) is 1. The lowest BCUT2D eigenvalue weighted by molar-refractivity contribution is -0.123. The van der Waals surface area contributed by atoms with Gasteiger partial charge in [-0.1, -0.05) is 11.6 Å². The summed E-state index contributed by atoms with van der Waals surface area (Å²) in [6.07, 6.45) is 0. The van der Waals surface area contributed by atoms with E-state index in [0.717, 1.165) is 0 Å². The maximum absolute atomic E-state index is 10.6. The maximum atomic E-state index is 10.6. The quantitative estimate of drug-likeness (QED) is 0.736. The van der Waals surface area contributed by atoms with Crippen molar-refractivity contribution in [2.24, 2.45) is 0 Å². The summed E-state index contributed by atoms with van der Waals surface area (Å²) >= 11 is 5.69. The van der Waals surface area contributed by atoms with Gasteiger partial charge in [0.15, 0.2) is 0 Å². The van der Waals surface area contributed by atoms with Gasteiger partial charge in [-0.15, -0.1) is 0 Å². The number of nitrogens with one attached hydrogen (secondary N) is 1. The number of benzene rings is 1. The third-order valence-electron chi connectivity index (χ3n) is 1.65. The number of amides is 1. The Kier molecular flexibility index (Phi) is 4.93. The van der Waals surface area contributed by atoms with E-state index in [2.05, 4.69) is 5.32 Å². The molecule has 0 unspecified atom stereocenters. The highest BCUT2D eigenvalue weighted by Gasteiger charge is 1.97. The summed E-state index contributed by atoms with van der Waals surface area (Å²) in [5, 5.41) is 11.5. The van der Waals surface area contributed by atoms with Gasteiger partial charge in [-0.25, -0.2) is 0 Å². The first-order valence-electron chi connectivity index (χ1n) is 4.48. The van der Waals surface area contributed by atoms with E-state index in [-0.39, 0.29) is 0 Å². The predicted octanol–water partition coefficient (Wildman–Crippen LogP) is 0.827. The molecule has 5 heteroatoms. The standard InChI is InChI=1S/C10H12ClNO3/c11-8-1-3-9(4-2-8)15-6-5-12-10(14)7-13/h1-4,13H,5-7H2,(H,12,14). The van der Waals surface area contributed by atoms with Gasteiger partial charge in [0.2, 0.25) is 5.91 Å². The van der Waals surface area contributed by atoms with Crippen LogP contribution in [0.1, 0.15) is 0 Å². The Hall–Kier alpha value is -1.26. The van der Waals surface area contributed by atoms with E-state index in [0.29, 0.717) is 23.9 Å². The molecule has 0 radical (unpaired) electrons. The first-order chi connectivity index (χ1) is 7.22. The van der Waals surface area contributed by atoms with Crippen LogP contribution in [-0.2, 0) is 4.79 Å². The minimum atomic E-state index is -0.499. The predicted molar refractivity (Wildman–Crippen MR) is 57.0 cm³/mol. The summed E-state index contributed by atoms with van der Waals surface area (Å²) in [4.78, 5) is 10.6. The molecule has 15 heavy (non-hydrogen) atoms. The lowest BCUT2D eigenvalue weighted by Crippen LogP contribution is -2.30. The molecule has 0 spiro atoms. The van der Waals surface area contributed by atoms with Crippen LogP contribution in [0.2, 0.25) is 5.02 Å². The van der Waals surface area contributed by atoms with Crippen LogP contribution in [-0.4, -0.2) is 30.8 Å². The second kappa shape index (κ2) is 6.27. The van der Waals surface area contributed by atoms with Crippen molar-refractivity contribution >= 4 is 17.5 Å². The van der Waals surface area contributed by atoms with Gasteiger partial charge >= 0.3 is 0 Å². The number of carbonyl (C=O) groups is 1. The van der Waals surface area contributed by atoms with Crippen molar-refractivity contribution in [3.63, 3.8) is 0 Å². The first-order valence-corrected chi connectivity index (χ1v) is 4.86. The Bertz CT molecular complexity index is 313. The van der Waals surface area contributed by atoms with Crippen LogP contribution < -0.4 is 10.1 Å². The zero-order valence-corrected chi connectivity index (χ0v) is 8.83. The average Bonchev–Trinajstić information content (AvgIpc) is 2.26. The van der Waals surface area contributed by atoms with Crippen molar-refractivity contribution in [2.75, 3.05) is 19.8 Å². The van der Waals surface area contributed by atoms with Crippen LogP contribution in [0.25, 0.3) is 0 Å². The highest BCUT2D eigenvalue weighted by atomic mass is 35.5. The summed E-state index contributed by atoms with van der Waals surface area (Å²) in [5.74, 6) is 0.285. The van der Waals surface area contributed by atoms with Gasteiger partial charge in [0.1, 0.15) is 19.0 Å². The highest BCUT2D eigenvalue weighted by molar-refractivity contribution is 6.30. The third-order valence-corrected chi connectivity index (χ3v) is 1.90. The van der Waals surface area contributed by atoms with Gasteiger partial charge in [0.05, 0.1) is 6.54 Å². The van der Waals surface area contributed by atoms with Crippen molar-refractivity contribution < 1.29 is 14.6 Å². The second-order valence-corrected chi connectivity index (χ2v) is 3.25. The Morgan fingerprint density at radius 1 is 1.40 bits per heavy atom. The molecular formula is C10H12ClNO3.